The number of nitrogens with two attached hydrogens (primary N) is 1. The van der Waals surface area contributed by atoms with Crippen molar-refractivity contribution in [2.24, 2.45) is 0 Å². The van der Waals surface area contributed by atoms with Gasteiger partial charge in [0.05, 0.1) is 0 Å². The number of aromatic amines is 1. The van der Waals surface area contributed by atoms with E-state index < -0.39 is 17.4 Å². The third-order valence-corrected chi connectivity index (χ3v) is 3.18. The summed E-state index contributed by atoms with van der Waals surface area (Å²) in [5.74, 6) is -1.13. The van der Waals surface area contributed by atoms with Crippen molar-refractivity contribution in [1.29, 1.82) is 0 Å². The predicted octanol–water partition coefficient (Wildman–Crippen LogP) is 1.65. The average Bonchev–Trinajstić information content (AvgIpc) is 2.93. The minimum absolute atomic E-state index is 0.167. The molecule has 0 fully saturated rings. The minimum Gasteiger partial charge on any atom is -0.399 e. The van der Waals surface area contributed by atoms with Crippen molar-refractivity contribution in [3.05, 3.63) is 70.7 Å². The Hall–Kier alpha value is -3.22. The molecule has 0 saturated carbocycles. The van der Waals surface area contributed by atoms with E-state index in [4.69, 9.17) is 5.73 Å². The van der Waals surface area contributed by atoms with Gasteiger partial charge in [0.1, 0.15) is 12.1 Å². The summed E-state index contributed by atoms with van der Waals surface area (Å²) in [5.41, 5.74) is 6.67. The van der Waals surface area contributed by atoms with Crippen LogP contribution < -0.4 is 11.4 Å². The maximum Gasteiger partial charge on any atom is 0.350 e. The van der Waals surface area contributed by atoms with Crippen molar-refractivity contribution >= 4 is 11.6 Å². The lowest BCUT2D eigenvalue weighted by molar-refractivity contribution is 0.0941. The number of hydrogen-bond acceptors (Lipinski definition) is 4. The van der Waals surface area contributed by atoms with E-state index in [9.17, 15) is 14.0 Å². The molecule has 110 valence electrons. The van der Waals surface area contributed by atoms with Crippen LogP contribution in [0.1, 0.15) is 10.4 Å². The standard InChI is InChI=1S/C15H11FN4O2/c16-10-3-6-12(14(21)20-15(22)18-8-19-20)13(7-10)9-1-4-11(17)5-2-9/h1-8H,17H2,(H,18,19,22). The minimum atomic E-state index is -0.655. The number of carbonyl (C=O) groups excluding carboxylic acids is 1. The molecule has 2 aromatic carbocycles. The van der Waals surface area contributed by atoms with E-state index in [1.807, 2.05) is 0 Å². The number of H-pyrrole nitrogens is 1. The first-order chi connectivity index (χ1) is 10.6. The number of nitrogens with zero attached hydrogens (tertiary/aromatic N) is 2. The SMILES string of the molecule is Nc1ccc(-c2cc(F)ccc2C(=O)n2nc[nH]c2=O)cc1. The number of aromatic nitrogens is 3. The van der Waals surface area contributed by atoms with Crippen LogP contribution in [-0.2, 0) is 0 Å². The summed E-state index contributed by atoms with van der Waals surface area (Å²) in [6.07, 6.45) is 1.12. The molecule has 0 saturated heterocycles. The summed E-state index contributed by atoms with van der Waals surface area (Å²) in [5, 5.41) is 3.65. The maximum absolute atomic E-state index is 13.6. The molecule has 0 atom stereocenters. The van der Waals surface area contributed by atoms with Crippen LogP contribution in [0.5, 0.6) is 0 Å². The number of anilines is 1. The third kappa shape index (κ3) is 2.39. The molecule has 22 heavy (non-hydrogen) atoms. The Kier molecular flexibility index (Phi) is 3.30. The quantitative estimate of drug-likeness (QED) is 0.703. The van der Waals surface area contributed by atoms with Gasteiger partial charge >= 0.3 is 5.69 Å². The van der Waals surface area contributed by atoms with Gasteiger partial charge in [-0.3, -0.25) is 9.78 Å². The van der Waals surface area contributed by atoms with Crippen molar-refractivity contribution in [2.45, 2.75) is 0 Å². The average molecular weight is 298 g/mol. The molecule has 1 aromatic heterocycles. The van der Waals surface area contributed by atoms with Gasteiger partial charge in [0, 0.05) is 11.3 Å². The number of carbonyl (C=O) groups is 1. The second kappa shape index (κ2) is 5.28. The molecule has 0 radical (unpaired) electrons. The molecule has 0 unspecified atom stereocenters. The highest BCUT2D eigenvalue weighted by atomic mass is 19.1. The molecule has 0 bridgehead atoms. The highest BCUT2D eigenvalue weighted by Gasteiger charge is 2.18. The van der Waals surface area contributed by atoms with Gasteiger partial charge in [-0.1, -0.05) is 12.1 Å². The van der Waals surface area contributed by atoms with Crippen LogP contribution in [0.4, 0.5) is 10.1 Å². The number of nitrogen functional groups attached to an aromatic ring is 1. The Labute approximate surface area is 124 Å². The van der Waals surface area contributed by atoms with Gasteiger partial charge in [0.15, 0.2) is 0 Å². The second-order valence-electron chi connectivity index (χ2n) is 4.62. The van der Waals surface area contributed by atoms with Gasteiger partial charge < -0.3 is 5.73 Å². The highest BCUT2D eigenvalue weighted by Crippen LogP contribution is 2.26. The molecule has 0 aliphatic rings. The van der Waals surface area contributed by atoms with Crippen molar-refractivity contribution in [1.82, 2.24) is 14.8 Å². The first-order valence-corrected chi connectivity index (χ1v) is 6.39. The van der Waals surface area contributed by atoms with Crippen molar-refractivity contribution in [3.63, 3.8) is 0 Å². The second-order valence-corrected chi connectivity index (χ2v) is 4.62. The third-order valence-electron chi connectivity index (χ3n) is 3.18. The Balaban J connectivity index is 2.16. The first-order valence-electron chi connectivity index (χ1n) is 6.39. The molecule has 7 heteroatoms. The molecule has 0 spiro atoms. The largest absolute Gasteiger partial charge is 0.399 e. The van der Waals surface area contributed by atoms with E-state index in [1.54, 1.807) is 24.3 Å². The zero-order chi connectivity index (χ0) is 15.7. The van der Waals surface area contributed by atoms with E-state index >= 15 is 0 Å². The summed E-state index contributed by atoms with van der Waals surface area (Å²) in [7, 11) is 0. The molecule has 6 nitrogen and oxygen atoms in total. The first kappa shape index (κ1) is 13.7. The zero-order valence-electron chi connectivity index (χ0n) is 11.3. The van der Waals surface area contributed by atoms with Crippen LogP contribution in [0.2, 0.25) is 0 Å². The van der Waals surface area contributed by atoms with Crippen molar-refractivity contribution in [3.8, 4) is 11.1 Å². The summed E-state index contributed by atoms with van der Waals surface area (Å²) in [6, 6.07) is 10.4. The van der Waals surface area contributed by atoms with E-state index in [0.29, 0.717) is 21.5 Å². The number of rotatable bonds is 2. The van der Waals surface area contributed by atoms with Gasteiger partial charge in [0.2, 0.25) is 0 Å². The number of benzene rings is 2. The van der Waals surface area contributed by atoms with Gasteiger partial charge in [-0.15, -0.1) is 4.68 Å². The maximum atomic E-state index is 13.6. The zero-order valence-corrected chi connectivity index (χ0v) is 11.3. The Morgan fingerprint density at radius 2 is 1.91 bits per heavy atom. The van der Waals surface area contributed by atoms with Gasteiger partial charge in [-0.2, -0.15) is 5.10 Å². The fraction of sp³-hybridized carbons (Fsp3) is 0. The molecular weight excluding hydrogens is 287 g/mol. The van der Waals surface area contributed by atoms with Crippen LogP contribution in [-0.4, -0.2) is 20.7 Å². The molecule has 3 aromatic rings. The Bertz CT molecular complexity index is 896. The normalized spacial score (nSPS) is 10.6. The monoisotopic (exact) mass is 298 g/mol. The van der Waals surface area contributed by atoms with Gasteiger partial charge in [0.25, 0.3) is 5.91 Å². The summed E-state index contributed by atoms with van der Waals surface area (Å²) in [4.78, 5) is 26.2. The highest BCUT2D eigenvalue weighted by molar-refractivity contribution is 6.01. The van der Waals surface area contributed by atoms with Crippen molar-refractivity contribution in [2.75, 3.05) is 5.73 Å². The lowest BCUT2D eigenvalue weighted by Gasteiger charge is -2.09. The van der Waals surface area contributed by atoms with Crippen LogP contribution in [0.15, 0.2) is 53.6 Å². The predicted molar refractivity (Wildman–Crippen MR) is 78.8 cm³/mol. The molecule has 3 rings (SSSR count). The summed E-state index contributed by atoms with van der Waals surface area (Å²) in [6.45, 7) is 0. The molecule has 0 aliphatic heterocycles. The van der Waals surface area contributed by atoms with Gasteiger partial charge in [-0.05, 0) is 41.5 Å². The summed E-state index contributed by atoms with van der Waals surface area (Å²) < 4.78 is 14.3. The smallest absolute Gasteiger partial charge is 0.350 e. The van der Waals surface area contributed by atoms with E-state index in [1.165, 1.54) is 12.1 Å². The van der Waals surface area contributed by atoms with Gasteiger partial charge in [-0.25, -0.2) is 9.18 Å². The van der Waals surface area contributed by atoms with Crippen LogP contribution in [0.25, 0.3) is 11.1 Å². The number of hydrogen-bond donors (Lipinski definition) is 2. The Morgan fingerprint density at radius 1 is 1.18 bits per heavy atom. The van der Waals surface area contributed by atoms with E-state index in [2.05, 4.69) is 10.1 Å². The van der Waals surface area contributed by atoms with Crippen LogP contribution in [0.3, 0.4) is 0 Å². The van der Waals surface area contributed by atoms with Crippen molar-refractivity contribution < 1.29 is 9.18 Å². The van der Waals surface area contributed by atoms with Crippen LogP contribution in [0, 0.1) is 5.82 Å². The van der Waals surface area contributed by atoms with E-state index in [-0.39, 0.29) is 5.56 Å². The van der Waals surface area contributed by atoms with E-state index in [0.717, 1.165) is 12.4 Å². The molecular formula is C15H11FN4O2. The number of halogens is 1. The topological polar surface area (TPSA) is 93.8 Å². The fourth-order valence-electron chi connectivity index (χ4n) is 2.12. The number of nitrogens with one attached hydrogen (secondary N) is 1. The summed E-state index contributed by atoms with van der Waals surface area (Å²) >= 11 is 0. The molecule has 0 amide bonds. The lowest BCUT2D eigenvalue weighted by atomic mass is 9.99. The fourth-order valence-corrected chi connectivity index (χ4v) is 2.12. The Morgan fingerprint density at radius 3 is 2.55 bits per heavy atom. The van der Waals surface area contributed by atoms with Crippen LogP contribution >= 0.6 is 0 Å². The molecule has 3 N–H and O–H groups in total. The molecule has 0 aliphatic carbocycles. The molecule has 1 heterocycles. The lowest BCUT2D eigenvalue weighted by Crippen LogP contribution is -2.26.